The molecule has 1 aliphatic heterocycles. The summed E-state index contributed by atoms with van der Waals surface area (Å²) in [5.74, 6) is 0.650. The van der Waals surface area contributed by atoms with E-state index in [4.69, 9.17) is 14.2 Å². The largest absolute Gasteiger partial charge is 0.493 e. The van der Waals surface area contributed by atoms with E-state index in [2.05, 4.69) is 5.32 Å². The predicted molar refractivity (Wildman–Crippen MR) is 127 cm³/mol. The second-order valence-corrected chi connectivity index (χ2v) is 8.09. The third-order valence-electron chi connectivity index (χ3n) is 5.10. The zero-order valence-electron chi connectivity index (χ0n) is 19.0. The van der Waals surface area contributed by atoms with Gasteiger partial charge in [-0.1, -0.05) is 19.1 Å². The third kappa shape index (κ3) is 5.48. The van der Waals surface area contributed by atoms with Gasteiger partial charge in [-0.3, -0.25) is 19.3 Å². The summed E-state index contributed by atoms with van der Waals surface area (Å²) in [5, 5.41) is 2.36. The lowest BCUT2D eigenvalue weighted by Gasteiger charge is -2.13. The Morgan fingerprint density at radius 1 is 1.03 bits per heavy atom. The Labute approximate surface area is 196 Å². The van der Waals surface area contributed by atoms with Gasteiger partial charge in [0, 0.05) is 18.7 Å². The van der Waals surface area contributed by atoms with Crippen molar-refractivity contribution in [1.29, 1.82) is 0 Å². The lowest BCUT2D eigenvalue weighted by molar-refractivity contribution is -0.122. The molecule has 174 valence electrons. The van der Waals surface area contributed by atoms with Crippen molar-refractivity contribution in [3.8, 4) is 17.2 Å². The van der Waals surface area contributed by atoms with Gasteiger partial charge in [0.05, 0.1) is 26.2 Å². The van der Waals surface area contributed by atoms with Crippen molar-refractivity contribution >= 4 is 34.9 Å². The van der Waals surface area contributed by atoms with Crippen molar-refractivity contribution in [2.75, 3.05) is 34.4 Å². The molecular formula is C24H26N2O6S. The maximum absolute atomic E-state index is 12.8. The molecule has 0 radical (unpaired) electrons. The number of nitrogens with one attached hydrogen (secondary N) is 1. The smallest absolute Gasteiger partial charge is 0.293 e. The monoisotopic (exact) mass is 470 g/mol. The summed E-state index contributed by atoms with van der Waals surface area (Å²) < 4.78 is 16.0. The molecule has 33 heavy (non-hydrogen) atoms. The van der Waals surface area contributed by atoms with Crippen LogP contribution in [0.1, 0.15) is 28.4 Å². The minimum absolute atomic E-state index is 0.0794. The van der Waals surface area contributed by atoms with Crippen LogP contribution in [-0.4, -0.2) is 56.4 Å². The SMILES string of the molecule is CCc1ccc(C(=O)NCCN2C(=O)S/C(=C\c3cc(OC)c(OC)c(OC)c3)C2=O)cc1. The average Bonchev–Trinajstić information content (AvgIpc) is 3.10. The molecule has 1 fully saturated rings. The van der Waals surface area contributed by atoms with Gasteiger partial charge in [-0.25, -0.2) is 0 Å². The lowest BCUT2D eigenvalue weighted by Crippen LogP contribution is -2.37. The fraction of sp³-hybridized carbons (Fsp3) is 0.292. The summed E-state index contributed by atoms with van der Waals surface area (Å²) in [6, 6.07) is 10.7. The molecule has 0 atom stereocenters. The fourth-order valence-electron chi connectivity index (χ4n) is 3.30. The highest BCUT2D eigenvalue weighted by atomic mass is 32.2. The van der Waals surface area contributed by atoms with Gasteiger partial charge in [-0.05, 0) is 59.7 Å². The molecule has 2 aromatic rings. The van der Waals surface area contributed by atoms with Crippen LogP contribution < -0.4 is 19.5 Å². The molecule has 0 aromatic heterocycles. The van der Waals surface area contributed by atoms with Gasteiger partial charge in [0.1, 0.15) is 0 Å². The van der Waals surface area contributed by atoms with E-state index in [0.29, 0.717) is 28.4 Å². The number of aryl methyl sites for hydroxylation is 1. The minimum atomic E-state index is -0.416. The first kappa shape index (κ1) is 24.2. The fourth-order valence-corrected chi connectivity index (χ4v) is 4.17. The molecular weight excluding hydrogens is 444 g/mol. The molecule has 1 heterocycles. The molecule has 1 N–H and O–H groups in total. The van der Waals surface area contributed by atoms with Crippen LogP contribution in [0, 0.1) is 0 Å². The van der Waals surface area contributed by atoms with E-state index >= 15 is 0 Å². The van der Waals surface area contributed by atoms with Crippen LogP contribution in [0.25, 0.3) is 6.08 Å². The summed E-state index contributed by atoms with van der Waals surface area (Å²) in [6.45, 7) is 2.28. The normalized spacial score (nSPS) is 14.5. The summed E-state index contributed by atoms with van der Waals surface area (Å²) in [5.41, 5.74) is 2.30. The van der Waals surface area contributed by atoms with Gasteiger partial charge in [0.15, 0.2) is 11.5 Å². The third-order valence-corrected chi connectivity index (χ3v) is 6.01. The molecule has 0 spiro atoms. The molecule has 0 unspecified atom stereocenters. The van der Waals surface area contributed by atoms with Crippen LogP contribution in [0.2, 0.25) is 0 Å². The van der Waals surface area contributed by atoms with E-state index in [-0.39, 0.29) is 29.1 Å². The predicted octanol–water partition coefficient (Wildman–Crippen LogP) is 3.74. The molecule has 0 bridgehead atoms. The summed E-state index contributed by atoms with van der Waals surface area (Å²) in [7, 11) is 4.51. The highest BCUT2D eigenvalue weighted by Gasteiger charge is 2.34. The molecule has 0 aliphatic carbocycles. The standard InChI is InChI=1S/C24H26N2O6S/c1-5-15-6-8-17(9-7-15)22(27)25-10-11-26-23(28)20(33-24(26)29)14-16-12-18(30-2)21(32-4)19(13-16)31-3/h6-9,12-14H,5,10-11H2,1-4H3,(H,25,27)/b20-14-. The van der Waals surface area contributed by atoms with E-state index in [1.807, 2.05) is 19.1 Å². The van der Waals surface area contributed by atoms with Crippen molar-refractivity contribution < 1.29 is 28.6 Å². The maximum Gasteiger partial charge on any atom is 0.293 e. The summed E-state index contributed by atoms with van der Waals surface area (Å²) >= 11 is 0.846. The van der Waals surface area contributed by atoms with E-state index in [1.165, 1.54) is 21.3 Å². The number of carbonyl (C=O) groups is 3. The number of hydrogen-bond donors (Lipinski definition) is 1. The van der Waals surface area contributed by atoms with Gasteiger partial charge in [0.25, 0.3) is 17.1 Å². The number of amides is 3. The van der Waals surface area contributed by atoms with Crippen molar-refractivity contribution in [1.82, 2.24) is 10.2 Å². The summed E-state index contributed by atoms with van der Waals surface area (Å²) in [4.78, 5) is 38.9. The van der Waals surface area contributed by atoms with Gasteiger partial charge in [-0.2, -0.15) is 0 Å². The molecule has 0 saturated carbocycles. The van der Waals surface area contributed by atoms with Crippen molar-refractivity contribution in [3.63, 3.8) is 0 Å². The van der Waals surface area contributed by atoms with Crippen LogP contribution in [0.15, 0.2) is 41.3 Å². The van der Waals surface area contributed by atoms with Crippen molar-refractivity contribution in [2.45, 2.75) is 13.3 Å². The van der Waals surface area contributed by atoms with Crippen LogP contribution in [-0.2, 0) is 11.2 Å². The number of ether oxygens (including phenoxy) is 3. The number of nitrogens with zero attached hydrogens (tertiary/aromatic N) is 1. The van der Waals surface area contributed by atoms with Gasteiger partial charge < -0.3 is 19.5 Å². The Hall–Kier alpha value is -3.46. The molecule has 8 nitrogen and oxygen atoms in total. The van der Waals surface area contributed by atoms with Crippen LogP contribution in [0.4, 0.5) is 4.79 Å². The Balaban J connectivity index is 1.66. The maximum atomic E-state index is 12.8. The molecule has 9 heteroatoms. The highest BCUT2D eigenvalue weighted by molar-refractivity contribution is 8.18. The number of imide groups is 1. The number of methoxy groups -OCH3 is 3. The lowest BCUT2D eigenvalue weighted by atomic mass is 10.1. The number of carbonyl (C=O) groups excluding carboxylic acids is 3. The van der Waals surface area contributed by atoms with E-state index in [9.17, 15) is 14.4 Å². The van der Waals surface area contributed by atoms with Crippen LogP contribution in [0.3, 0.4) is 0 Å². The average molecular weight is 471 g/mol. The topological polar surface area (TPSA) is 94.2 Å². The number of benzene rings is 2. The van der Waals surface area contributed by atoms with E-state index < -0.39 is 5.91 Å². The second-order valence-electron chi connectivity index (χ2n) is 7.10. The van der Waals surface area contributed by atoms with Crippen LogP contribution >= 0.6 is 11.8 Å². The first-order valence-electron chi connectivity index (χ1n) is 10.3. The molecule has 2 aromatic carbocycles. The molecule has 1 aliphatic rings. The quantitative estimate of drug-likeness (QED) is 0.558. The zero-order valence-corrected chi connectivity index (χ0v) is 19.8. The number of rotatable bonds is 9. The molecule has 1 saturated heterocycles. The second kappa shape index (κ2) is 10.9. The number of hydrogen-bond acceptors (Lipinski definition) is 7. The van der Waals surface area contributed by atoms with Crippen LogP contribution in [0.5, 0.6) is 17.2 Å². The molecule has 3 rings (SSSR count). The first-order chi connectivity index (χ1) is 15.9. The number of thioether (sulfide) groups is 1. The van der Waals surface area contributed by atoms with E-state index in [0.717, 1.165) is 28.6 Å². The Morgan fingerprint density at radius 2 is 1.67 bits per heavy atom. The highest BCUT2D eigenvalue weighted by Crippen LogP contribution is 2.40. The molecule has 3 amide bonds. The van der Waals surface area contributed by atoms with Crippen molar-refractivity contribution in [3.05, 3.63) is 58.0 Å². The summed E-state index contributed by atoms with van der Waals surface area (Å²) in [6.07, 6.45) is 2.49. The minimum Gasteiger partial charge on any atom is -0.493 e. The Kier molecular flexibility index (Phi) is 8.00. The van der Waals surface area contributed by atoms with Gasteiger partial charge >= 0.3 is 0 Å². The van der Waals surface area contributed by atoms with E-state index in [1.54, 1.807) is 30.3 Å². The Morgan fingerprint density at radius 3 is 2.21 bits per heavy atom. The van der Waals surface area contributed by atoms with Gasteiger partial charge in [-0.15, -0.1) is 0 Å². The zero-order chi connectivity index (χ0) is 24.0. The first-order valence-corrected chi connectivity index (χ1v) is 11.2. The van der Waals surface area contributed by atoms with Gasteiger partial charge in [0.2, 0.25) is 5.75 Å². The Bertz CT molecular complexity index is 1060. The van der Waals surface area contributed by atoms with Crippen molar-refractivity contribution in [2.24, 2.45) is 0 Å².